The maximum absolute atomic E-state index is 14.1. The number of pyridine rings is 1. The average molecular weight is 686 g/mol. The van der Waals surface area contributed by atoms with Crippen LogP contribution in [0.15, 0.2) is 73.1 Å². The minimum atomic E-state index is -3.90. The van der Waals surface area contributed by atoms with Gasteiger partial charge in [-0.05, 0) is 54.8 Å². The van der Waals surface area contributed by atoms with Crippen molar-refractivity contribution in [3.05, 3.63) is 101 Å². The van der Waals surface area contributed by atoms with E-state index in [1.807, 2.05) is 6.07 Å². The summed E-state index contributed by atoms with van der Waals surface area (Å²) < 4.78 is 54.0. The number of benzene rings is 2. The zero-order valence-electron chi connectivity index (χ0n) is 26.1. The first-order valence-corrected chi connectivity index (χ1v) is 16.9. The molecule has 0 aliphatic carbocycles. The van der Waals surface area contributed by atoms with E-state index < -0.39 is 88.1 Å². The molecule has 3 aromatic rings. The number of sulfone groups is 1. The highest BCUT2D eigenvalue weighted by molar-refractivity contribution is 7.91. The first kappa shape index (κ1) is 37.7. The van der Waals surface area contributed by atoms with Crippen molar-refractivity contribution in [3.8, 4) is 6.07 Å². The Morgan fingerprint density at radius 3 is 2.12 bits per heavy atom. The molecule has 1 heterocycles. The summed E-state index contributed by atoms with van der Waals surface area (Å²) in [6, 6.07) is 10.3. The molecular formula is C33H37F2N5O7S. The molecule has 0 unspecified atom stereocenters. The van der Waals surface area contributed by atoms with Crippen LogP contribution in [0.25, 0.3) is 0 Å². The maximum Gasteiger partial charge on any atom is 0.253 e. The second-order valence-corrected chi connectivity index (χ2v) is 13.4. The molecule has 0 bridgehead atoms. The normalized spacial score (nSPS) is 14.4. The monoisotopic (exact) mass is 685 g/mol. The van der Waals surface area contributed by atoms with Crippen molar-refractivity contribution in [2.24, 2.45) is 0 Å². The largest absolute Gasteiger partial charge is 0.388 e. The molecule has 0 spiro atoms. The summed E-state index contributed by atoms with van der Waals surface area (Å²) in [5.41, 5.74) is 0.163. The summed E-state index contributed by atoms with van der Waals surface area (Å²) in [6.45, 7) is 1.78. The van der Waals surface area contributed by atoms with Crippen molar-refractivity contribution in [2.45, 2.75) is 62.9 Å². The Balaban J connectivity index is 1.95. The number of halogens is 2. The van der Waals surface area contributed by atoms with E-state index in [9.17, 15) is 47.1 Å². The van der Waals surface area contributed by atoms with Crippen molar-refractivity contribution in [1.82, 2.24) is 20.9 Å². The molecule has 0 saturated carbocycles. The number of hydrogen-bond donors (Lipinski definition) is 5. The van der Waals surface area contributed by atoms with Crippen molar-refractivity contribution in [2.75, 3.05) is 11.5 Å². The SMILES string of the molecule is CCCCS(=O)(=O)C[C@@H](NC(=O)c1cccnc1)C(=O)N[C@@H](Cc1cc(F)cc(F)c1)[C@@H](O)[C@H](O)[C@@H](CC#N)NC(=O)c1ccccc1. The van der Waals surface area contributed by atoms with Gasteiger partial charge in [0.1, 0.15) is 29.9 Å². The summed E-state index contributed by atoms with van der Waals surface area (Å²) in [7, 11) is -3.90. The maximum atomic E-state index is 14.1. The number of amides is 3. The van der Waals surface area contributed by atoms with Gasteiger partial charge in [0, 0.05) is 24.0 Å². The van der Waals surface area contributed by atoms with E-state index in [0.717, 1.165) is 12.1 Å². The van der Waals surface area contributed by atoms with E-state index in [1.54, 1.807) is 25.1 Å². The number of aliphatic hydroxyl groups is 2. The standard InChI is InChI=1S/C33H37F2N5O7S/c1-2-3-14-48(46,47)20-28(40-32(44)23-10-7-13-37-19-23)33(45)39-27(17-21-15-24(34)18-25(35)16-21)30(42)29(41)26(11-12-36)38-31(43)22-8-5-4-6-9-22/h4-10,13,15-16,18-19,26-30,41-42H,2-3,11,14,17,20H2,1H3,(H,38,43)(H,39,45)(H,40,44)/t26-,27+,28-,29-,30-/m1/s1. The van der Waals surface area contributed by atoms with Gasteiger partial charge < -0.3 is 26.2 Å². The molecule has 12 nitrogen and oxygen atoms in total. The first-order valence-electron chi connectivity index (χ1n) is 15.1. The molecule has 0 radical (unpaired) electrons. The van der Waals surface area contributed by atoms with E-state index in [1.165, 1.54) is 36.7 Å². The molecule has 1 aromatic heterocycles. The van der Waals surface area contributed by atoms with Crippen molar-refractivity contribution in [1.29, 1.82) is 5.26 Å². The third kappa shape index (κ3) is 11.5. The number of nitrogens with one attached hydrogen (secondary N) is 3. The lowest BCUT2D eigenvalue weighted by molar-refractivity contribution is -0.125. The average Bonchev–Trinajstić information content (AvgIpc) is 3.06. The molecule has 0 aliphatic heterocycles. The quantitative estimate of drug-likeness (QED) is 0.141. The van der Waals surface area contributed by atoms with E-state index in [0.29, 0.717) is 18.9 Å². The summed E-state index contributed by atoms with van der Waals surface area (Å²) in [6.07, 6.45) is -1.43. The second kappa shape index (κ2) is 17.9. The lowest BCUT2D eigenvalue weighted by Gasteiger charge is -2.33. The van der Waals surface area contributed by atoms with E-state index in [2.05, 4.69) is 20.9 Å². The van der Waals surface area contributed by atoms with Gasteiger partial charge in [-0.25, -0.2) is 17.2 Å². The lowest BCUT2D eigenvalue weighted by atomic mass is 9.92. The van der Waals surface area contributed by atoms with Crippen LogP contribution in [0.5, 0.6) is 0 Å². The summed E-state index contributed by atoms with van der Waals surface area (Å²) in [5, 5.41) is 39.2. The molecule has 0 aliphatic rings. The van der Waals surface area contributed by atoms with Gasteiger partial charge in [0.05, 0.1) is 41.6 Å². The van der Waals surface area contributed by atoms with E-state index in [4.69, 9.17) is 0 Å². The number of aromatic nitrogens is 1. The van der Waals surface area contributed by atoms with Gasteiger partial charge in [-0.15, -0.1) is 0 Å². The molecule has 48 heavy (non-hydrogen) atoms. The molecule has 5 N–H and O–H groups in total. The van der Waals surface area contributed by atoms with E-state index >= 15 is 0 Å². The van der Waals surface area contributed by atoms with Crippen LogP contribution >= 0.6 is 0 Å². The Kier molecular flexibility index (Phi) is 14.1. The van der Waals surface area contributed by atoms with Crippen molar-refractivity contribution < 1.29 is 41.8 Å². The van der Waals surface area contributed by atoms with Crippen LogP contribution in [0.4, 0.5) is 8.78 Å². The summed E-state index contributed by atoms with van der Waals surface area (Å²) in [5.74, 6) is -5.63. The second-order valence-electron chi connectivity index (χ2n) is 11.1. The van der Waals surface area contributed by atoms with Crippen LogP contribution in [0.3, 0.4) is 0 Å². The number of carbonyl (C=O) groups excluding carboxylic acids is 3. The molecule has 3 amide bonds. The molecular weight excluding hydrogens is 648 g/mol. The minimum Gasteiger partial charge on any atom is -0.388 e. The number of carbonyl (C=O) groups is 3. The smallest absolute Gasteiger partial charge is 0.253 e. The highest BCUT2D eigenvalue weighted by atomic mass is 32.2. The Hall–Kier alpha value is -4.78. The van der Waals surface area contributed by atoms with Crippen LogP contribution in [0.1, 0.15) is 52.5 Å². The molecule has 0 fully saturated rings. The van der Waals surface area contributed by atoms with E-state index in [-0.39, 0.29) is 22.4 Å². The van der Waals surface area contributed by atoms with Gasteiger partial charge in [-0.1, -0.05) is 31.5 Å². The highest BCUT2D eigenvalue weighted by Gasteiger charge is 2.37. The van der Waals surface area contributed by atoms with Crippen LogP contribution in [-0.4, -0.2) is 83.2 Å². The number of rotatable bonds is 17. The number of unbranched alkanes of at least 4 members (excludes halogenated alkanes) is 1. The Labute approximate surface area is 277 Å². The minimum absolute atomic E-state index is 0.0250. The van der Waals surface area contributed by atoms with Gasteiger partial charge in [-0.2, -0.15) is 5.26 Å². The topological polar surface area (TPSA) is 199 Å². The Morgan fingerprint density at radius 2 is 1.52 bits per heavy atom. The molecule has 15 heteroatoms. The van der Waals surface area contributed by atoms with Gasteiger partial charge in [0.15, 0.2) is 9.84 Å². The van der Waals surface area contributed by atoms with Crippen LogP contribution < -0.4 is 16.0 Å². The Bertz CT molecular complexity index is 1670. The molecule has 0 saturated heterocycles. The van der Waals surface area contributed by atoms with Gasteiger partial charge >= 0.3 is 0 Å². The van der Waals surface area contributed by atoms with Crippen molar-refractivity contribution >= 4 is 27.6 Å². The predicted octanol–water partition coefficient (Wildman–Crippen LogP) is 1.83. The molecule has 3 rings (SSSR count). The highest BCUT2D eigenvalue weighted by Crippen LogP contribution is 2.17. The predicted molar refractivity (Wildman–Crippen MR) is 171 cm³/mol. The molecule has 2 aromatic carbocycles. The molecule has 5 atom stereocenters. The zero-order chi connectivity index (χ0) is 35.3. The fourth-order valence-corrected chi connectivity index (χ4v) is 6.46. The summed E-state index contributed by atoms with van der Waals surface area (Å²) in [4.78, 5) is 43.3. The lowest BCUT2D eigenvalue weighted by Crippen LogP contribution is -2.60. The van der Waals surface area contributed by atoms with Crippen LogP contribution in [0, 0.1) is 23.0 Å². The van der Waals surface area contributed by atoms with Gasteiger partial charge in [0.25, 0.3) is 11.8 Å². The fraction of sp³-hybridized carbons (Fsp3) is 0.364. The first-order chi connectivity index (χ1) is 22.8. The summed E-state index contributed by atoms with van der Waals surface area (Å²) >= 11 is 0. The number of nitriles is 1. The zero-order valence-corrected chi connectivity index (χ0v) is 26.9. The number of hydrogen-bond acceptors (Lipinski definition) is 9. The van der Waals surface area contributed by atoms with Crippen LogP contribution in [-0.2, 0) is 21.1 Å². The van der Waals surface area contributed by atoms with Crippen LogP contribution in [0.2, 0.25) is 0 Å². The number of aliphatic hydroxyl groups excluding tert-OH is 2. The Morgan fingerprint density at radius 1 is 0.896 bits per heavy atom. The fourth-order valence-electron chi connectivity index (χ4n) is 4.82. The van der Waals surface area contributed by atoms with Gasteiger partial charge in [-0.3, -0.25) is 19.4 Å². The third-order valence-electron chi connectivity index (χ3n) is 7.32. The van der Waals surface area contributed by atoms with Crippen molar-refractivity contribution in [3.63, 3.8) is 0 Å². The third-order valence-corrected chi connectivity index (χ3v) is 9.07. The van der Waals surface area contributed by atoms with Gasteiger partial charge in [0.2, 0.25) is 5.91 Å². The number of nitrogens with zero attached hydrogens (tertiary/aromatic N) is 2. The molecule has 256 valence electrons.